The summed E-state index contributed by atoms with van der Waals surface area (Å²) >= 11 is 0. The number of nitrogens with zero attached hydrogens (tertiary/aromatic N) is 4. The molecule has 0 bridgehead atoms. The fraction of sp³-hybridized carbons (Fsp3) is 0.267. The van der Waals surface area contributed by atoms with Gasteiger partial charge in [-0.1, -0.05) is 18.2 Å². The molecule has 1 aliphatic rings. The predicted molar refractivity (Wildman–Crippen MR) is 152 cm³/mol. The lowest BCUT2D eigenvalue weighted by atomic mass is 9.72. The molecule has 3 N–H and O–H groups in total. The van der Waals surface area contributed by atoms with Crippen molar-refractivity contribution in [2.45, 2.75) is 24.9 Å². The second-order valence-corrected chi connectivity index (χ2v) is 10.5. The number of pyridine rings is 2. The van der Waals surface area contributed by atoms with E-state index < -0.39 is 17.6 Å². The Morgan fingerprint density at radius 1 is 1.07 bits per heavy atom. The van der Waals surface area contributed by atoms with Crippen LogP contribution in [0.2, 0.25) is 0 Å². The molecule has 1 saturated heterocycles. The lowest BCUT2D eigenvalue weighted by molar-refractivity contribution is -0.145. The van der Waals surface area contributed by atoms with Gasteiger partial charge in [0.15, 0.2) is 0 Å². The molecule has 5 aromatic rings. The molecule has 216 valence electrons. The van der Waals surface area contributed by atoms with Crippen molar-refractivity contribution in [3.8, 4) is 16.8 Å². The number of nitrogen functional groups attached to an aromatic ring is 1. The Bertz CT molecular complexity index is 1910. The van der Waals surface area contributed by atoms with Crippen LogP contribution in [0.4, 0.5) is 19.0 Å². The number of hydrogen-bond acceptors (Lipinski definition) is 7. The van der Waals surface area contributed by atoms with Gasteiger partial charge in [-0.3, -0.25) is 18.9 Å². The molecule has 0 spiro atoms. The van der Waals surface area contributed by atoms with Crippen molar-refractivity contribution in [1.82, 2.24) is 24.4 Å². The number of anilines is 1. The zero-order valence-electron chi connectivity index (χ0n) is 22.8. The molecule has 0 radical (unpaired) electrons. The number of benzene rings is 2. The SMILES string of the molecule is CCOC(=O)CC1(c2ccc(-n3c(=O)n(C)c4cnc5ccc(-c6cnc(N)c(C(F)(F)F)c6)cc5c43)cc2)CNC1. The van der Waals surface area contributed by atoms with Crippen LogP contribution in [0.5, 0.6) is 0 Å². The molecule has 0 atom stereocenters. The van der Waals surface area contributed by atoms with Crippen molar-refractivity contribution < 1.29 is 22.7 Å². The number of alkyl halides is 3. The van der Waals surface area contributed by atoms with Crippen LogP contribution >= 0.6 is 0 Å². The van der Waals surface area contributed by atoms with Crippen LogP contribution in [0.25, 0.3) is 38.8 Å². The quantitative estimate of drug-likeness (QED) is 0.289. The highest BCUT2D eigenvalue weighted by Crippen LogP contribution is 2.37. The lowest BCUT2D eigenvalue weighted by Gasteiger charge is -2.42. The molecule has 12 heteroatoms. The molecule has 3 aromatic heterocycles. The number of imidazole rings is 1. The Kier molecular flexibility index (Phi) is 6.53. The smallest absolute Gasteiger partial charge is 0.419 e. The monoisotopic (exact) mass is 576 g/mol. The Hall–Kier alpha value is -4.71. The molecule has 0 saturated carbocycles. The highest BCUT2D eigenvalue weighted by Gasteiger charge is 2.41. The van der Waals surface area contributed by atoms with E-state index in [1.165, 1.54) is 10.8 Å². The molecule has 0 aliphatic carbocycles. The maximum atomic E-state index is 13.5. The lowest BCUT2D eigenvalue weighted by Crippen LogP contribution is -2.57. The normalized spacial score (nSPS) is 14.7. The number of aromatic nitrogens is 4. The molecule has 1 fully saturated rings. The minimum atomic E-state index is -4.66. The van der Waals surface area contributed by atoms with Gasteiger partial charge in [0.25, 0.3) is 0 Å². The van der Waals surface area contributed by atoms with E-state index in [1.54, 1.807) is 42.9 Å². The fourth-order valence-electron chi connectivity index (χ4n) is 5.59. The maximum absolute atomic E-state index is 13.5. The number of fused-ring (bicyclic) bond motifs is 3. The average Bonchev–Trinajstić information content (AvgIpc) is 3.20. The second kappa shape index (κ2) is 9.98. The van der Waals surface area contributed by atoms with Crippen LogP contribution in [0.1, 0.15) is 24.5 Å². The second-order valence-electron chi connectivity index (χ2n) is 10.5. The molecular weight excluding hydrogens is 549 g/mol. The molecule has 0 amide bonds. The number of rotatable bonds is 6. The number of aryl methyl sites for hydroxylation is 1. The number of carbonyl (C=O) groups is 1. The number of halogens is 3. The third-order valence-corrected chi connectivity index (χ3v) is 7.89. The topological polar surface area (TPSA) is 117 Å². The first-order chi connectivity index (χ1) is 20.0. The number of esters is 1. The largest absolute Gasteiger partial charge is 0.466 e. The maximum Gasteiger partial charge on any atom is 0.419 e. The van der Waals surface area contributed by atoms with Gasteiger partial charge in [-0.2, -0.15) is 13.2 Å². The number of nitrogens with one attached hydrogen (secondary N) is 1. The van der Waals surface area contributed by atoms with Gasteiger partial charge in [0, 0.05) is 42.7 Å². The number of nitrogens with two attached hydrogens (primary N) is 1. The number of carbonyl (C=O) groups excluding carboxylic acids is 1. The zero-order chi connectivity index (χ0) is 29.8. The predicted octanol–water partition coefficient (Wildman–Crippen LogP) is 4.33. The molecule has 1 aliphatic heterocycles. The van der Waals surface area contributed by atoms with Gasteiger partial charge >= 0.3 is 17.8 Å². The van der Waals surface area contributed by atoms with Gasteiger partial charge in [0.2, 0.25) is 0 Å². The standard InChI is InChI=1S/C30H27F3N6O3/c1-3-42-25(40)12-29(15-35-16-29)19-5-7-20(8-6-19)39-26-21-10-17(18-11-22(30(31,32)33)27(34)37-13-18)4-9-23(21)36-14-24(26)38(2)28(39)41/h4-11,13-14,35H,3,12,15-16H2,1-2H3,(H2,34,37). The summed E-state index contributed by atoms with van der Waals surface area (Å²) in [5.74, 6) is -0.861. The summed E-state index contributed by atoms with van der Waals surface area (Å²) in [5, 5.41) is 3.82. The first-order valence-electron chi connectivity index (χ1n) is 13.3. The minimum absolute atomic E-state index is 0.227. The van der Waals surface area contributed by atoms with Crippen LogP contribution in [-0.4, -0.2) is 44.8 Å². The number of ether oxygens (including phenoxy) is 1. The molecular formula is C30H27F3N6O3. The van der Waals surface area contributed by atoms with Crippen molar-refractivity contribution in [1.29, 1.82) is 0 Å². The molecule has 4 heterocycles. The van der Waals surface area contributed by atoms with Crippen molar-refractivity contribution in [3.05, 3.63) is 82.5 Å². The third kappa shape index (κ3) is 4.48. The average molecular weight is 577 g/mol. The van der Waals surface area contributed by atoms with Gasteiger partial charge in [-0.05, 0) is 48.4 Å². The van der Waals surface area contributed by atoms with Crippen molar-refractivity contribution in [3.63, 3.8) is 0 Å². The Morgan fingerprint density at radius 3 is 2.45 bits per heavy atom. The van der Waals surface area contributed by atoms with Gasteiger partial charge in [0.1, 0.15) is 5.82 Å². The number of hydrogen-bond donors (Lipinski definition) is 2. The molecule has 9 nitrogen and oxygen atoms in total. The van der Waals surface area contributed by atoms with Gasteiger partial charge < -0.3 is 15.8 Å². The van der Waals surface area contributed by atoms with E-state index in [0.717, 1.165) is 11.6 Å². The van der Waals surface area contributed by atoms with Crippen LogP contribution in [0.3, 0.4) is 0 Å². The van der Waals surface area contributed by atoms with Crippen molar-refractivity contribution >= 4 is 33.7 Å². The van der Waals surface area contributed by atoms with E-state index in [0.29, 0.717) is 52.9 Å². The highest BCUT2D eigenvalue weighted by molar-refractivity contribution is 6.04. The Morgan fingerprint density at radius 2 is 1.81 bits per heavy atom. The van der Waals surface area contributed by atoms with E-state index >= 15 is 0 Å². The molecule has 42 heavy (non-hydrogen) atoms. The first kappa shape index (κ1) is 27.5. The van der Waals surface area contributed by atoms with Gasteiger partial charge in [0.05, 0.1) is 47.0 Å². The molecule has 0 unspecified atom stereocenters. The van der Waals surface area contributed by atoms with Gasteiger partial charge in [-0.15, -0.1) is 0 Å². The van der Waals surface area contributed by atoms with Crippen LogP contribution in [0.15, 0.2) is 65.7 Å². The molecule has 2 aromatic carbocycles. The highest BCUT2D eigenvalue weighted by atomic mass is 19.4. The minimum Gasteiger partial charge on any atom is -0.466 e. The fourth-order valence-corrected chi connectivity index (χ4v) is 5.59. The van der Waals surface area contributed by atoms with Crippen LogP contribution in [0, 0.1) is 0 Å². The van der Waals surface area contributed by atoms with E-state index in [-0.39, 0.29) is 29.1 Å². The van der Waals surface area contributed by atoms with Crippen LogP contribution in [-0.2, 0) is 28.2 Å². The summed E-state index contributed by atoms with van der Waals surface area (Å²) in [7, 11) is 1.64. The summed E-state index contributed by atoms with van der Waals surface area (Å²) in [4.78, 5) is 34.1. The van der Waals surface area contributed by atoms with Crippen molar-refractivity contribution in [2.75, 3.05) is 25.4 Å². The van der Waals surface area contributed by atoms with Crippen LogP contribution < -0.4 is 16.7 Å². The van der Waals surface area contributed by atoms with E-state index in [9.17, 15) is 22.8 Å². The Labute approximate surface area is 237 Å². The molecule has 6 rings (SSSR count). The van der Waals surface area contributed by atoms with E-state index in [1.807, 2.05) is 24.3 Å². The van der Waals surface area contributed by atoms with E-state index in [4.69, 9.17) is 10.5 Å². The summed E-state index contributed by atoms with van der Waals surface area (Å²) in [6.45, 7) is 3.35. The summed E-state index contributed by atoms with van der Waals surface area (Å²) in [6, 6.07) is 13.5. The summed E-state index contributed by atoms with van der Waals surface area (Å²) < 4.78 is 48.8. The summed E-state index contributed by atoms with van der Waals surface area (Å²) in [5.41, 5.74) is 7.72. The first-order valence-corrected chi connectivity index (χ1v) is 13.3. The third-order valence-electron chi connectivity index (χ3n) is 7.89. The summed E-state index contributed by atoms with van der Waals surface area (Å²) in [6.07, 6.45) is -1.52. The van der Waals surface area contributed by atoms with Crippen molar-refractivity contribution in [2.24, 2.45) is 7.05 Å². The van der Waals surface area contributed by atoms with E-state index in [2.05, 4.69) is 15.3 Å². The Balaban J connectivity index is 1.48. The van der Waals surface area contributed by atoms with Gasteiger partial charge in [-0.25, -0.2) is 9.78 Å². The zero-order valence-corrected chi connectivity index (χ0v) is 22.8.